The molecule has 0 aliphatic carbocycles. The number of hydrogen-bond acceptors (Lipinski definition) is 5. The predicted octanol–water partition coefficient (Wildman–Crippen LogP) is 4.16. The van der Waals surface area contributed by atoms with Crippen molar-refractivity contribution in [2.24, 2.45) is 0 Å². The summed E-state index contributed by atoms with van der Waals surface area (Å²) >= 11 is 1.45. The average molecular weight is 408 g/mol. The zero-order valence-electron chi connectivity index (χ0n) is 17.1. The molecule has 2 aromatic carbocycles. The number of anilines is 1. The minimum atomic E-state index is -0.374. The molecule has 0 bridgehead atoms. The molecule has 4 rings (SSSR count). The highest BCUT2D eigenvalue weighted by Crippen LogP contribution is 2.37. The van der Waals surface area contributed by atoms with E-state index in [0.717, 1.165) is 29.1 Å². The molecular formula is C22H25N5OS. The van der Waals surface area contributed by atoms with Crippen molar-refractivity contribution < 1.29 is 4.79 Å². The molecular weight excluding hydrogens is 382 g/mol. The topological polar surface area (TPSA) is 71.8 Å². The molecule has 1 aliphatic heterocycles. The van der Waals surface area contributed by atoms with E-state index < -0.39 is 0 Å². The van der Waals surface area contributed by atoms with E-state index in [9.17, 15) is 4.79 Å². The van der Waals surface area contributed by atoms with Gasteiger partial charge in [-0.15, -0.1) is 10.2 Å². The van der Waals surface area contributed by atoms with Crippen molar-refractivity contribution in [2.75, 3.05) is 10.7 Å². The lowest BCUT2D eigenvalue weighted by Gasteiger charge is -2.33. The minimum Gasteiger partial charge on any atom is -0.325 e. The first-order chi connectivity index (χ1) is 14.0. The van der Waals surface area contributed by atoms with Gasteiger partial charge >= 0.3 is 0 Å². The smallest absolute Gasteiger partial charge is 0.240 e. The highest BCUT2D eigenvalue weighted by molar-refractivity contribution is 8.00. The molecule has 2 unspecified atom stereocenters. The number of nitrogens with one attached hydrogen (secondary N) is 2. The number of hydrogen-bond donors (Lipinski definition) is 2. The molecule has 7 heteroatoms. The number of aryl methyl sites for hydroxylation is 4. The van der Waals surface area contributed by atoms with E-state index in [0.29, 0.717) is 5.16 Å². The van der Waals surface area contributed by atoms with Crippen LogP contribution in [0.2, 0.25) is 0 Å². The standard InChI is InChI=1S/C22H25N5OS/c1-5-18-24-25-22-27(18)26-19(16-9-6-13(2)7-10-16)20(29-22)21(28)23-17-11-8-14(3)15(4)12-17/h6-12,19-20,26H,5H2,1-4H3,(H,23,28). The Hall–Kier alpha value is -2.80. The Labute approximate surface area is 175 Å². The second-order valence-electron chi connectivity index (χ2n) is 7.43. The van der Waals surface area contributed by atoms with Crippen molar-refractivity contribution in [1.82, 2.24) is 14.9 Å². The van der Waals surface area contributed by atoms with E-state index in [4.69, 9.17) is 0 Å². The number of fused-ring (bicyclic) bond motifs is 1. The molecule has 0 saturated carbocycles. The summed E-state index contributed by atoms with van der Waals surface area (Å²) in [6.45, 7) is 8.21. The van der Waals surface area contributed by atoms with Crippen LogP contribution in [-0.2, 0) is 11.2 Å². The normalized spacial score (nSPS) is 18.1. The summed E-state index contributed by atoms with van der Waals surface area (Å²) < 4.78 is 1.91. The Bertz CT molecular complexity index is 1040. The summed E-state index contributed by atoms with van der Waals surface area (Å²) in [5.41, 5.74) is 8.89. The molecule has 0 spiro atoms. The average Bonchev–Trinajstić information content (AvgIpc) is 3.12. The fraction of sp³-hybridized carbons (Fsp3) is 0.318. The van der Waals surface area contributed by atoms with Crippen molar-refractivity contribution in [2.45, 2.75) is 50.6 Å². The van der Waals surface area contributed by atoms with Gasteiger partial charge in [0.1, 0.15) is 5.25 Å². The quantitative estimate of drug-likeness (QED) is 0.679. The number of aromatic nitrogens is 3. The third kappa shape index (κ3) is 3.87. The molecule has 6 nitrogen and oxygen atoms in total. The lowest BCUT2D eigenvalue weighted by molar-refractivity contribution is -0.116. The van der Waals surface area contributed by atoms with Crippen LogP contribution in [0.15, 0.2) is 47.6 Å². The molecule has 0 radical (unpaired) electrons. The summed E-state index contributed by atoms with van der Waals surface area (Å²) in [6.07, 6.45) is 0.765. The molecule has 1 aliphatic rings. The van der Waals surface area contributed by atoms with Gasteiger partial charge in [-0.1, -0.05) is 54.6 Å². The molecule has 2 heterocycles. The Morgan fingerprint density at radius 3 is 2.55 bits per heavy atom. The van der Waals surface area contributed by atoms with Crippen LogP contribution in [0.1, 0.15) is 41.0 Å². The zero-order valence-corrected chi connectivity index (χ0v) is 17.9. The summed E-state index contributed by atoms with van der Waals surface area (Å²) in [4.78, 5) is 13.3. The first kappa shape index (κ1) is 19.5. The van der Waals surface area contributed by atoms with Crippen LogP contribution >= 0.6 is 11.8 Å². The van der Waals surface area contributed by atoms with Crippen molar-refractivity contribution in [3.8, 4) is 0 Å². The van der Waals surface area contributed by atoms with Crippen molar-refractivity contribution in [3.63, 3.8) is 0 Å². The van der Waals surface area contributed by atoms with E-state index in [1.165, 1.54) is 22.9 Å². The monoisotopic (exact) mass is 407 g/mol. The third-order valence-corrected chi connectivity index (χ3v) is 6.50. The number of thioether (sulfide) groups is 1. The molecule has 29 heavy (non-hydrogen) atoms. The van der Waals surface area contributed by atoms with E-state index in [2.05, 4.69) is 59.1 Å². The number of benzene rings is 2. The number of nitrogens with zero attached hydrogens (tertiary/aromatic N) is 3. The second-order valence-corrected chi connectivity index (χ2v) is 8.54. The van der Waals surface area contributed by atoms with Crippen molar-refractivity contribution in [1.29, 1.82) is 0 Å². The van der Waals surface area contributed by atoms with E-state index >= 15 is 0 Å². The molecule has 1 aromatic heterocycles. The summed E-state index contributed by atoms with van der Waals surface area (Å²) in [5.74, 6) is 0.807. The highest BCUT2D eigenvalue weighted by Gasteiger charge is 2.37. The summed E-state index contributed by atoms with van der Waals surface area (Å²) in [7, 11) is 0. The van der Waals surface area contributed by atoms with Gasteiger partial charge in [-0.25, -0.2) is 4.68 Å². The van der Waals surface area contributed by atoms with E-state index in [-0.39, 0.29) is 17.2 Å². The van der Waals surface area contributed by atoms with Gasteiger partial charge in [0.05, 0.1) is 6.04 Å². The number of carbonyl (C=O) groups is 1. The predicted molar refractivity (Wildman–Crippen MR) is 117 cm³/mol. The molecule has 2 N–H and O–H groups in total. The van der Waals surface area contributed by atoms with Gasteiger partial charge in [-0.3, -0.25) is 4.79 Å². The highest BCUT2D eigenvalue weighted by atomic mass is 32.2. The molecule has 3 aromatic rings. The van der Waals surface area contributed by atoms with Crippen LogP contribution in [0.5, 0.6) is 0 Å². The zero-order chi connectivity index (χ0) is 20.5. The molecule has 0 saturated heterocycles. The van der Waals surface area contributed by atoms with Gasteiger partial charge in [-0.2, -0.15) is 0 Å². The van der Waals surface area contributed by atoms with Gasteiger partial charge in [0.25, 0.3) is 0 Å². The van der Waals surface area contributed by atoms with Crippen LogP contribution in [0.3, 0.4) is 0 Å². The number of rotatable bonds is 4. The van der Waals surface area contributed by atoms with Crippen LogP contribution in [0, 0.1) is 20.8 Å². The Morgan fingerprint density at radius 2 is 1.86 bits per heavy atom. The Balaban J connectivity index is 1.66. The Kier molecular flexibility index (Phi) is 5.32. The van der Waals surface area contributed by atoms with Crippen LogP contribution in [0.4, 0.5) is 5.69 Å². The lowest BCUT2D eigenvalue weighted by atomic mass is 10.0. The van der Waals surface area contributed by atoms with Crippen molar-refractivity contribution in [3.05, 3.63) is 70.5 Å². The fourth-order valence-electron chi connectivity index (χ4n) is 3.38. The lowest BCUT2D eigenvalue weighted by Crippen LogP contribution is -2.41. The van der Waals surface area contributed by atoms with Gasteiger partial charge in [0.2, 0.25) is 11.1 Å². The van der Waals surface area contributed by atoms with Crippen LogP contribution < -0.4 is 10.7 Å². The first-order valence-electron chi connectivity index (χ1n) is 9.78. The number of amides is 1. The van der Waals surface area contributed by atoms with E-state index in [1.807, 2.05) is 36.7 Å². The van der Waals surface area contributed by atoms with Crippen LogP contribution in [-0.4, -0.2) is 26.0 Å². The molecule has 2 atom stereocenters. The van der Waals surface area contributed by atoms with Gasteiger partial charge in [0.15, 0.2) is 5.82 Å². The molecule has 0 fully saturated rings. The minimum absolute atomic E-state index is 0.0522. The Morgan fingerprint density at radius 1 is 1.10 bits per heavy atom. The van der Waals surface area contributed by atoms with Crippen LogP contribution in [0.25, 0.3) is 0 Å². The summed E-state index contributed by atoms with van der Waals surface area (Å²) in [5, 5.41) is 11.9. The van der Waals surface area contributed by atoms with Gasteiger partial charge < -0.3 is 10.7 Å². The largest absolute Gasteiger partial charge is 0.325 e. The maximum absolute atomic E-state index is 13.3. The van der Waals surface area contributed by atoms with Gasteiger partial charge in [-0.05, 0) is 49.6 Å². The van der Waals surface area contributed by atoms with Gasteiger partial charge in [0, 0.05) is 12.1 Å². The van der Waals surface area contributed by atoms with Crippen molar-refractivity contribution >= 4 is 23.4 Å². The first-order valence-corrected chi connectivity index (χ1v) is 10.7. The summed E-state index contributed by atoms with van der Waals surface area (Å²) in [6, 6.07) is 14.1. The maximum atomic E-state index is 13.3. The second kappa shape index (κ2) is 7.91. The molecule has 150 valence electrons. The van der Waals surface area contributed by atoms with E-state index in [1.54, 1.807) is 0 Å². The fourth-order valence-corrected chi connectivity index (χ4v) is 4.48. The third-order valence-electron chi connectivity index (χ3n) is 5.29. The maximum Gasteiger partial charge on any atom is 0.240 e. The number of carbonyl (C=O) groups excluding carboxylic acids is 1. The SMILES string of the molecule is CCc1nnc2n1NC(c1ccc(C)cc1)C(C(=O)Nc1ccc(C)c(C)c1)S2. The molecule has 1 amide bonds.